The van der Waals surface area contributed by atoms with Gasteiger partial charge in [-0.1, -0.05) is 30.3 Å². The topological polar surface area (TPSA) is 93.5 Å². The van der Waals surface area contributed by atoms with E-state index >= 15 is 0 Å². The van der Waals surface area contributed by atoms with Crippen LogP contribution in [0.25, 0.3) is 5.69 Å². The number of anilines is 2. The van der Waals surface area contributed by atoms with Crippen LogP contribution in [0.15, 0.2) is 71.5 Å². The number of rotatable bonds is 4. The fraction of sp³-hybridized carbons (Fsp3) is 0.100. The van der Waals surface area contributed by atoms with Gasteiger partial charge in [-0.2, -0.15) is 9.78 Å². The van der Waals surface area contributed by atoms with Crippen LogP contribution in [0, 0.1) is 0 Å². The largest absolute Gasteiger partial charge is 0.447 e. The number of amides is 2. The van der Waals surface area contributed by atoms with Crippen molar-refractivity contribution in [3.8, 4) is 5.69 Å². The summed E-state index contributed by atoms with van der Waals surface area (Å²) >= 11 is 0. The molecule has 140 valence electrons. The number of ether oxygens (including phenoxy) is 1. The van der Waals surface area contributed by atoms with Crippen LogP contribution in [0.5, 0.6) is 0 Å². The van der Waals surface area contributed by atoms with Crippen molar-refractivity contribution in [1.82, 2.24) is 9.78 Å². The second-order valence-corrected chi connectivity index (χ2v) is 6.04. The number of nitrogens with one attached hydrogen (secondary N) is 1. The summed E-state index contributed by atoms with van der Waals surface area (Å²) in [5.41, 5.74) is 1.27. The molecule has 1 aliphatic heterocycles. The number of para-hydroxylation sites is 3. The van der Waals surface area contributed by atoms with Crippen molar-refractivity contribution < 1.29 is 14.3 Å². The summed E-state index contributed by atoms with van der Waals surface area (Å²) in [4.78, 5) is 38.2. The molecule has 0 saturated carbocycles. The summed E-state index contributed by atoms with van der Waals surface area (Å²) in [5.74, 6) is -0.496. The van der Waals surface area contributed by atoms with Gasteiger partial charge in [-0.15, -0.1) is 0 Å². The molecule has 1 aliphatic rings. The third-order valence-corrected chi connectivity index (χ3v) is 4.24. The fourth-order valence-electron chi connectivity index (χ4n) is 2.90. The van der Waals surface area contributed by atoms with Gasteiger partial charge in [-0.05, 0) is 30.3 Å². The van der Waals surface area contributed by atoms with Crippen molar-refractivity contribution >= 4 is 23.4 Å². The Labute approximate surface area is 160 Å². The smallest absolute Gasteiger partial charge is 0.414 e. The van der Waals surface area contributed by atoms with Gasteiger partial charge in [0, 0.05) is 6.07 Å². The molecule has 1 fully saturated rings. The van der Waals surface area contributed by atoms with E-state index in [0.717, 1.165) is 0 Å². The zero-order chi connectivity index (χ0) is 19.5. The van der Waals surface area contributed by atoms with Gasteiger partial charge in [0.2, 0.25) is 0 Å². The second-order valence-electron chi connectivity index (χ2n) is 6.04. The maximum absolute atomic E-state index is 12.7. The first-order valence-electron chi connectivity index (χ1n) is 8.64. The number of cyclic esters (lactones) is 1. The first-order chi connectivity index (χ1) is 13.6. The minimum absolute atomic E-state index is 0.0715. The first-order valence-corrected chi connectivity index (χ1v) is 8.64. The van der Waals surface area contributed by atoms with Gasteiger partial charge in [-0.25, -0.2) is 4.79 Å². The van der Waals surface area contributed by atoms with E-state index in [2.05, 4.69) is 10.4 Å². The van der Waals surface area contributed by atoms with Crippen molar-refractivity contribution in [2.24, 2.45) is 0 Å². The predicted molar refractivity (Wildman–Crippen MR) is 103 cm³/mol. The van der Waals surface area contributed by atoms with Crippen LogP contribution in [0.2, 0.25) is 0 Å². The Bertz CT molecular complexity index is 1090. The van der Waals surface area contributed by atoms with Crippen LogP contribution in [0.4, 0.5) is 16.2 Å². The number of nitrogens with zero attached hydrogens (tertiary/aromatic N) is 3. The van der Waals surface area contributed by atoms with Gasteiger partial charge in [0.05, 0.1) is 23.6 Å². The molecule has 1 saturated heterocycles. The average molecular weight is 376 g/mol. The number of carbonyl (C=O) groups excluding carboxylic acids is 2. The highest BCUT2D eigenvalue weighted by molar-refractivity contribution is 6.06. The molecular weight excluding hydrogens is 360 g/mol. The van der Waals surface area contributed by atoms with Gasteiger partial charge < -0.3 is 10.1 Å². The molecule has 2 heterocycles. The van der Waals surface area contributed by atoms with E-state index in [-0.39, 0.29) is 11.3 Å². The quantitative estimate of drug-likeness (QED) is 0.755. The number of aromatic nitrogens is 2. The third-order valence-electron chi connectivity index (χ3n) is 4.24. The highest BCUT2D eigenvalue weighted by Crippen LogP contribution is 2.28. The Morgan fingerprint density at radius 1 is 0.964 bits per heavy atom. The van der Waals surface area contributed by atoms with E-state index in [1.807, 2.05) is 6.07 Å². The molecule has 2 aromatic carbocycles. The van der Waals surface area contributed by atoms with Gasteiger partial charge >= 0.3 is 6.09 Å². The molecule has 28 heavy (non-hydrogen) atoms. The van der Waals surface area contributed by atoms with Crippen LogP contribution in [-0.2, 0) is 4.74 Å². The summed E-state index contributed by atoms with van der Waals surface area (Å²) in [6.07, 6.45) is -0.461. The van der Waals surface area contributed by atoms with Gasteiger partial charge in [0.25, 0.3) is 11.5 Å². The molecule has 4 rings (SSSR count). The Morgan fingerprint density at radius 2 is 1.71 bits per heavy atom. The molecule has 0 aliphatic carbocycles. The second kappa shape index (κ2) is 7.36. The Hall–Kier alpha value is -3.94. The molecule has 0 radical (unpaired) electrons. The molecule has 0 unspecified atom stereocenters. The Balaban J connectivity index is 1.64. The van der Waals surface area contributed by atoms with Crippen molar-refractivity contribution in [1.29, 1.82) is 0 Å². The van der Waals surface area contributed by atoms with Gasteiger partial charge in [0.15, 0.2) is 0 Å². The molecule has 0 bridgehead atoms. The summed E-state index contributed by atoms with van der Waals surface area (Å²) in [6.45, 7) is 0.702. The van der Waals surface area contributed by atoms with Crippen molar-refractivity contribution in [3.05, 3.63) is 82.8 Å². The standard InChI is InChI=1S/C20H16N4O4/c25-18-11-10-16(22-24(18)14-6-2-1-3-7-14)19(26)21-15-8-4-5-9-17(15)23-12-13-28-20(23)27/h1-11H,12-13H2,(H,21,26). The Morgan fingerprint density at radius 3 is 2.46 bits per heavy atom. The fourth-order valence-corrected chi connectivity index (χ4v) is 2.90. The molecule has 1 aromatic heterocycles. The molecule has 8 heteroatoms. The van der Waals surface area contributed by atoms with Gasteiger partial charge in [-0.3, -0.25) is 14.5 Å². The maximum atomic E-state index is 12.7. The van der Waals surface area contributed by atoms with E-state index in [0.29, 0.717) is 30.2 Å². The SMILES string of the molecule is O=C(Nc1ccccc1N1CCOC1=O)c1ccc(=O)n(-c2ccccc2)n1. The summed E-state index contributed by atoms with van der Waals surface area (Å²) in [6, 6.07) is 18.4. The number of hydrogen-bond donors (Lipinski definition) is 1. The van der Waals surface area contributed by atoms with E-state index < -0.39 is 12.0 Å². The molecule has 3 aromatic rings. The van der Waals surface area contributed by atoms with E-state index in [1.54, 1.807) is 48.5 Å². The Kier molecular flexibility index (Phi) is 4.59. The lowest BCUT2D eigenvalue weighted by molar-refractivity contribution is 0.102. The normalized spacial score (nSPS) is 13.3. The van der Waals surface area contributed by atoms with E-state index in [9.17, 15) is 14.4 Å². The van der Waals surface area contributed by atoms with Crippen LogP contribution < -0.4 is 15.8 Å². The lowest BCUT2D eigenvalue weighted by atomic mass is 10.2. The van der Waals surface area contributed by atoms with Crippen LogP contribution in [-0.4, -0.2) is 34.9 Å². The maximum Gasteiger partial charge on any atom is 0.414 e. The van der Waals surface area contributed by atoms with Crippen molar-refractivity contribution in [2.45, 2.75) is 0 Å². The lowest BCUT2D eigenvalue weighted by Crippen LogP contribution is -2.27. The molecule has 0 atom stereocenters. The minimum Gasteiger partial charge on any atom is -0.447 e. The molecular formula is C20H16N4O4. The number of hydrogen-bond acceptors (Lipinski definition) is 5. The molecule has 2 amide bonds. The lowest BCUT2D eigenvalue weighted by Gasteiger charge is -2.17. The predicted octanol–water partition coefficient (Wildman–Crippen LogP) is 2.44. The zero-order valence-corrected chi connectivity index (χ0v) is 14.7. The summed E-state index contributed by atoms with van der Waals surface area (Å²) in [7, 11) is 0. The number of benzene rings is 2. The van der Waals surface area contributed by atoms with Crippen molar-refractivity contribution in [2.75, 3.05) is 23.4 Å². The van der Waals surface area contributed by atoms with Crippen molar-refractivity contribution in [3.63, 3.8) is 0 Å². The van der Waals surface area contributed by atoms with Crippen LogP contribution in [0.1, 0.15) is 10.5 Å². The first kappa shape index (κ1) is 17.5. The van der Waals surface area contributed by atoms with Crippen LogP contribution in [0.3, 0.4) is 0 Å². The zero-order valence-electron chi connectivity index (χ0n) is 14.7. The number of carbonyl (C=O) groups is 2. The van der Waals surface area contributed by atoms with E-state index in [4.69, 9.17) is 4.74 Å². The molecule has 0 spiro atoms. The summed E-state index contributed by atoms with van der Waals surface area (Å²) in [5, 5.41) is 6.92. The molecule has 8 nitrogen and oxygen atoms in total. The van der Waals surface area contributed by atoms with Gasteiger partial charge in [0.1, 0.15) is 12.3 Å². The molecule has 1 N–H and O–H groups in total. The van der Waals surface area contributed by atoms with E-state index in [1.165, 1.54) is 21.7 Å². The summed E-state index contributed by atoms with van der Waals surface area (Å²) < 4.78 is 6.13. The highest BCUT2D eigenvalue weighted by Gasteiger charge is 2.26. The monoisotopic (exact) mass is 376 g/mol. The third kappa shape index (κ3) is 3.35. The highest BCUT2D eigenvalue weighted by atomic mass is 16.6. The van der Waals surface area contributed by atoms with Crippen LogP contribution >= 0.6 is 0 Å². The minimum atomic E-state index is -0.496. The average Bonchev–Trinajstić information content (AvgIpc) is 3.15.